The largest absolute Gasteiger partial charge is 0.311 e. The van der Waals surface area contributed by atoms with Gasteiger partial charge in [0, 0.05) is 29.3 Å². The van der Waals surface area contributed by atoms with E-state index in [2.05, 4.69) is 36.4 Å². The van der Waals surface area contributed by atoms with E-state index in [0.29, 0.717) is 0 Å². The van der Waals surface area contributed by atoms with Crippen molar-refractivity contribution in [3.05, 3.63) is 88.4 Å². The number of rotatable bonds is 2. The summed E-state index contributed by atoms with van der Waals surface area (Å²) in [4.78, 5) is 12.1. The monoisotopic (exact) mass is 453 g/mol. The molecule has 3 nitrogen and oxygen atoms in total. The number of nitrogens with zero attached hydrogens (tertiary/aromatic N) is 3. The number of thiazole rings is 1. The molecule has 0 fully saturated rings. The Morgan fingerprint density at radius 3 is 2.06 bits per heavy atom. The molecule has 0 spiro atoms. The average Bonchev–Trinajstić information content (AvgIpc) is 3.41. The van der Waals surface area contributed by atoms with Gasteiger partial charge in [-0.3, -0.25) is 0 Å². The Morgan fingerprint density at radius 1 is 0.839 bits per heavy atom. The lowest BCUT2D eigenvalue weighted by atomic mass is 10.0. The van der Waals surface area contributed by atoms with Gasteiger partial charge in [0.25, 0.3) is 0 Å². The second kappa shape index (κ2) is 6.99. The first-order chi connectivity index (χ1) is 15.1. The number of benzene rings is 3. The van der Waals surface area contributed by atoms with Crippen LogP contribution in [0.2, 0.25) is 0 Å². The highest BCUT2D eigenvalue weighted by Crippen LogP contribution is 2.34. The van der Waals surface area contributed by atoms with Crippen LogP contribution in [-0.4, -0.2) is 24.3 Å². The Labute approximate surface area is 193 Å². The van der Waals surface area contributed by atoms with Gasteiger partial charge in [0.15, 0.2) is 10.5 Å². The van der Waals surface area contributed by atoms with E-state index in [1.807, 2.05) is 48.0 Å². The molecule has 1 aliphatic rings. The van der Waals surface area contributed by atoms with Crippen LogP contribution in [0.3, 0.4) is 0 Å². The van der Waals surface area contributed by atoms with Crippen LogP contribution in [0, 0.1) is 0 Å². The van der Waals surface area contributed by atoms with E-state index >= 15 is 0 Å². The van der Waals surface area contributed by atoms with Gasteiger partial charge in [0.2, 0.25) is 0 Å². The maximum absolute atomic E-state index is 5.81. The molecule has 0 radical (unpaired) electrons. The molecule has 0 atom stereocenters. The Bertz CT molecular complexity index is 1520. The fourth-order valence-electron chi connectivity index (χ4n) is 4.05. The summed E-state index contributed by atoms with van der Waals surface area (Å²) in [7, 11) is 2.00. The first-order valence-corrected chi connectivity index (χ1v) is 11.5. The van der Waals surface area contributed by atoms with Crippen molar-refractivity contribution in [1.82, 2.24) is 14.5 Å². The topological polar surface area (TPSA) is 30.7 Å². The SMILES string of the molecule is Cn1c(-c2ccccc2)nc2sc(C=C3C(=S)c4cc5ccccc5cc4C3=S)nc21. The lowest BCUT2D eigenvalue weighted by Crippen LogP contribution is -1.98. The van der Waals surface area contributed by atoms with Crippen molar-refractivity contribution in [1.29, 1.82) is 0 Å². The van der Waals surface area contributed by atoms with Crippen molar-refractivity contribution in [3.8, 4) is 11.4 Å². The van der Waals surface area contributed by atoms with Crippen LogP contribution in [0.5, 0.6) is 0 Å². The van der Waals surface area contributed by atoms with Crippen LogP contribution in [0.15, 0.2) is 72.3 Å². The zero-order valence-corrected chi connectivity index (χ0v) is 18.9. The summed E-state index contributed by atoms with van der Waals surface area (Å²) < 4.78 is 2.04. The number of hydrogen-bond donors (Lipinski definition) is 0. The normalized spacial score (nSPS) is 13.4. The quantitative estimate of drug-likeness (QED) is 0.229. The molecule has 0 unspecified atom stereocenters. The van der Waals surface area contributed by atoms with Crippen LogP contribution in [-0.2, 0) is 7.05 Å². The van der Waals surface area contributed by atoms with Crippen molar-refractivity contribution in [2.45, 2.75) is 0 Å². The molecule has 0 saturated carbocycles. The van der Waals surface area contributed by atoms with Crippen molar-refractivity contribution in [3.63, 3.8) is 0 Å². The van der Waals surface area contributed by atoms with Crippen LogP contribution in [0.1, 0.15) is 16.1 Å². The summed E-state index contributed by atoms with van der Waals surface area (Å²) >= 11 is 13.2. The molecular formula is C25H15N3S3. The van der Waals surface area contributed by atoms with Gasteiger partial charge in [0.1, 0.15) is 10.8 Å². The maximum Gasteiger partial charge on any atom is 0.172 e. The van der Waals surface area contributed by atoms with Crippen LogP contribution in [0.25, 0.3) is 38.7 Å². The van der Waals surface area contributed by atoms with Gasteiger partial charge in [-0.1, -0.05) is 90.4 Å². The number of fused-ring (bicyclic) bond motifs is 3. The van der Waals surface area contributed by atoms with Crippen LogP contribution in [0.4, 0.5) is 0 Å². The second-order valence-corrected chi connectivity index (χ2v) is 9.33. The first-order valence-electron chi connectivity index (χ1n) is 9.83. The lowest BCUT2D eigenvalue weighted by Gasteiger charge is -2.02. The number of hydrogen-bond acceptors (Lipinski definition) is 5. The standard InChI is InChI=1S/C25H15N3S3/c1-28-23(14-7-3-2-4-8-14)27-25-24(28)26-20(31-25)13-19-21(29)17-11-15-9-5-6-10-16(15)12-18(17)22(19)30/h2-13H,1H3. The molecular weight excluding hydrogens is 438 g/mol. The minimum Gasteiger partial charge on any atom is -0.311 e. The zero-order chi connectivity index (χ0) is 21.1. The van der Waals surface area contributed by atoms with Gasteiger partial charge >= 0.3 is 0 Å². The molecule has 148 valence electrons. The van der Waals surface area contributed by atoms with Gasteiger partial charge in [-0.05, 0) is 29.0 Å². The highest BCUT2D eigenvalue weighted by atomic mass is 32.1. The second-order valence-electron chi connectivity index (χ2n) is 7.50. The average molecular weight is 454 g/mol. The van der Waals surface area contributed by atoms with E-state index < -0.39 is 0 Å². The summed E-state index contributed by atoms with van der Waals surface area (Å²) in [6, 6.07) is 22.7. The van der Waals surface area contributed by atoms with Crippen LogP contribution < -0.4 is 0 Å². The van der Waals surface area contributed by atoms with Gasteiger partial charge in [-0.2, -0.15) is 0 Å². The van der Waals surface area contributed by atoms with Gasteiger partial charge in [0.05, 0.1) is 9.73 Å². The molecule has 6 heteroatoms. The molecule has 0 bridgehead atoms. The highest BCUT2D eigenvalue weighted by molar-refractivity contribution is 7.84. The van der Waals surface area contributed by atoms with Crippen LogP contribution >= 0.6 is 35.8 Å². The fourth-order valence-corrected chi connectivity index (χ4v) is 5.69. The van der Waals surface area contributed by atoms with Gasteiger partial charge < -0.3 is 4.57 Å². The van der Waals surface area contributed by atoms with Crippen molar-refractivity contribution in [2.24, 2.45) is 7.05 Å². The van der Waals surface area contributed by atoms with E-state index in [4.69, 9.17) is 34.4 Å². The molecule has 2 heterocycles. The van der Waals surface area contributed by atoms with Gasteiger partial charge in [-0.25, -0.2) is 9.97 Å². The summed E-state index contributed by atoms with van der Waals surface area (Å²) in [5.74, 6) is 0.916. The van der Waals surface area contributed by atoms with E-state index in [1.165, 1.54) is 10.8 Å². The number of allylic oxidation sites excluding steroid dienone is 1. The van der Waals surface area contributed by atoms with E-state index in [1.54, 1.807) is 11.3 Å². The third-order valence-corrected chi connectivity index (χ3v) is 7.38. The van der Waals surface area contributed by atoms with Crippen molar-refractivity contribution in [2.75, 3.05) is 0 Å². The predicted molar refractivity (Wildman–Crippen MR) is 137 cm³/mol. The Kier molecular flexibility index (Phi) is 4.21. The molecule has 0 N–H and O–H groups in total. The summed E-state index contributed by atoms with van der Waals surface area (Å²) in [5, 5.41) is 3.21. The minimum atomic E-state index is 0.794. The molecule has 0 saturated heterocycles. The molecule has 6 rings (SSSR count). The number of thiocarbonyl (C=S) groups is 2. The van der Waals surface area contributed by atoms with Crippen molar-refractivity contribution >= 4 is 72.8 Å². The molecule has 31 heavy (non-hydrogen) atoms. The first kappa shape index (κ1) is 18.7. The third kappa shape index (κ3) is 2.91. The Hall–Kier alpha value is -3.06. The Balaban J connectivity index is 1.42. The number of imidazole rings is 1. The number of aromatic nitrogens is 3. The molecule has 3 aromatic carbocycles. The summed E-state index contributed by atoms with van der Waals surface area (Å²) in [5.41, 5.74) is 4.92. The zero-order valence-electron chi connectivity index (χ0n) is 16.5. The molecule has 5 aromatic rings. The Morgan fingerprint density at radius 2 is 1.45 bits per heavy atom. The minimum absolute atomic E-state index is 0.794. The highest BCUT2D eigenvalue weighted by Gasteiger charge is 2.27. The van der Waals surface area contributed by atoms with Gasteiger partial charge in [-0.15, -0.1) is 0 Å². The van der Waals surface area contributed by atoms with Crippen molar-refractivity contribution < 1.29 is 0 Å². The third-order valence-electron chi connectivity index (χ3n) is 5.62. The fraction of sp³-hybridized carbons (Fsp3) is 0.0400. The number of aryl methyl sites for hydroxylation is 1. The van der Waals surface area contributed by atoms with E-state index in [-0.39, 0.29) is 0 Å². The molecule has 0 amide bonds. The molecule has 1 aliphatic carbocycles. The lowest BCUT2D eigenvalue weighted by molar-refractivity contribution is 0.942. The van der Waals surface area contributed by atoms with E-state index in [9.17, 15) is 0 Å². The molecule has 2 aromatic heterocycles. The molecule has 0 aliphatic heterocycles. The summed E-state index contributed by atoms with van der Waals surface area (Å²) in [6.45, 7) is 0. The smallest absolute Gasteiger partial charge is 0.172 e. The van der Waals surface area contributed by atoms with E-state index in [0.717, 1.165) is 53.3 Å². The predicted octanol–water partition coefficient (Wildman–Crippen LogP) is 6.38. The summed E-state index contributed by atoms with van der Waals surface area (Å²) in [6.07, 6.45) is 2.02. The maximum atomic E-state index is 5.81.